The van der Waals surface area contributed by atoms with Crippen LogP contribution in [0.15, 0.2) is 121 Å². The van der Waals surface area contributed by atoms with Crippen molar-refractivity contribution in [1.82, 2.24) is 0 Å². The van der Waals surface area contributed by atoms with Crippen LogP contribution in [0.5, 0.6) is 46.0 Å². The maximum Gasteiger partial charge on any atom is 0.169 e. The Balaban J connectivity index is 1.28. The summed E-state index contributed by atoms with van der Waals surface area (Å²) in [5.74, 6) is 4.99. The molecule has 0 saturated carbocycles. The zero-order valence-electron chi connectivity index (χ0n) is 19.3. The Kier molecular flexibility index (Phi) is 6.58. The average molecular weight is 477 g/mol. The van der Waals surface area contributed by atoms with Crippen molar-refractivity contribution in [3.63, 3.8) is 0 Å². The standard InChI is InChI=1S/C30H24N2O4/c31-21-9-13-23(14-10-21)33-27-5-1-3-7-29(27)35-25-17-19-26(20-18-25)36-30-8-4-2-6-28(30)34-24-15-11-22(32)12-16-24/h1-20H,31-32H2. The number of hydrogen-bond donors (Lipinski definition) is 2. The number of nitrogens with two attached hydrogens (primary N) is 2. The molecule has 0 aromatic heterocycles. The summed E-state index contributed by atoms with van der Waals surface area (Å²) in [5.41, 5.74) is 12.9. The molecule has 6 heteroatoms. The van der Waals surface area contributed by atoms with E-state index < -0.39 is 0 Å². The van der Waals surface area contributed by atoms with Crippen molar-refractivity contribution >= 4 is 11.4 Å². The van der Waals surface area contributed by atoms with E-state index in [1.54, 1.807) is 24.3 Å². The lowest BCUT2D eigenvalue weighted by molar-refractivity contribution is 0.413. The fraction of sp³-hybridized carbons (Fsp3) is 0. The first kappa shape index (κ1) is 22.7. The van der Waals surface area contributed by atoms with Crippen LogP contribution in [0, 0.1) is 0 Å². The molecule has 0 aliphatic rings. The minimum absolute atomic E-state index is 0.588. The van der Waals surface area contributed by atoms with E-state index in [1.165, 1.54) is 0 Å². The molecule has 0 heterocycles. The Morgan fingerprint density at radius 1 is 0.306 bits per heavy atom. The van der Waals surface area contributed by atoms with Gasteiger partial charge in [-0.15, -0.1) is 0 Å². The number of para-hydroxylation sites is 4. The molecule has 0 spiro atoms. The minimum Gasteiger partial charge on any atom is -0.453 e. The molecule has 36 heavy (non-hydrogen) atoms. The summed E-state index contributed by atoms with van der Waals surface area (Å²) in [7, 11) is 0. The van der Waals surface area contributed by atoms with Crippen molar-refractivity contribution in [2.45, 2.75) is 0 Å². The first-order chi connectivity index (χ1) is 17.6. The van der Waals surface area contributed by atoms with Gasteiger partial charge in [0.2, 0.25) is 0 Å². The van der Waals surface area contributed by atoms with Crippen molar-refractivity contribution in [2.75, 3.05) is 11.5 Å². The number of anilines is 2. The van der Waals surface area contributed by atoms with E-state index in [1.807, 2.05) is 97.1 Å². The molecule has 0 aliphatic heterocycles. The average Bonchev–Trinajstić information content (AvgIpc) is 2.90. The Morgan fingerprint density at radius 2 is 0.528 bits per heavy atom. The summed E-state index contributed by atoms with van der Waals surface area (Å²) in [6.07, 6.45) is 0. The minimum atomic E-state index is 0.588. The molecule has 5 aromatic carbocycles. The first-order valence-corrected chi connectivity index (χ1v) is 11.3. The first-order valence-electron chi connectivity index (χ1n) is 11.3. The lowest BCUT2D eigenvalue weighted by atomic mass is 10.2. The lowest BCUT2D eigenvalue weighted by Gasteiger charge is -2.14. The summed E-state index contributed by atoms with van der Waals surface area (Å²) in [6, 6.07) is 36.7. The SMILES string of the molecule is Nc1ccc(Oc2ccccc2Oc2ccc(Oc3ccccc3Oc3ccc(N)cc3)cc2)cc1. The molecule has 0 aliphatic carbocycles. The van der Waals surface area contributed by atoms with Crippen LogP contribution in [0.25, 0.3) is 0 Å². The molecule has 4 N–H and O–H groups in total. The number of hydrogen-bond acceptors (Lipinski definition) is 6. The largest absolute Gasteiger partial charge is 0.453 e. The van der Waals surface area contributed by atoms with Crippen LogP contribution in [0.1, 0.15) is 0 Å². The predicted molar refractivity (Wildman–Crippen MR) is 141 cm³/mol. The Morgan fingerprint density at radius 3 is 0.778 bits per heavy atom. The third-order valence-electron chi connectivity index (χ3n) is 5.19. The number of ether oxygens (including phenoxy) is 4. The maximum absolute atomic E-state index is 6.08. The second-order valence-corrected chi connectivity index (χ2v) is 7.91. The third kappa shape index (κ3) is 5.69. The fourth-order valence-corrected chi connectivity index (χ4v) is 3.39. The van der Waals surface area contributed by atoms with Crippen LogP contribution in [0.4, 0.5) is 11.4 Å². The molecular weight excluding hydrogens is 452 g/mol. The van der Waals surface area contributed by atoms with E-state index in [0.29, 0.717) is 57.4 Å². The van der Waals surface area contributed by atoms with E-state index in [9.17, 15) is 0 Å². The van der Waals surface area contributed by atoms with Crippen LogP contribution in [0.2, 0.25) is 0 Å². The van der Waals surface area contributed by atoms with Crippen LogP contribution in [-0.4, -0.2) is 0 Å². The van der Waals surface area contributed by atoms with Crippen LogP contribution < -0.4 is 30.4 Å². The Bertz CT molecular complexity index is 1320. The molecular formula is C30H24N2O4. The molecule has 0 radical (unpaired) electrons. The monoisotopic (exact) mass is 476 g/mol. The zero-order chi connectivity index (χ0) is 24.7. The second-order valence-electron chi connectivity index (χ2n) is 7.91. The van der Waals surface area contributed by atoms with Gasteiger partial charge in [0.15, 0.2) is 23.0 Å². The quantitative estimate of drug-likeness (QED) is 0.220. The molecule has 178 valence electrons. The van der Waals surface area contributed by atoms with Crippen molar-refractivity contribution in [2.24, 2.45) is 0 Å². The van der Waals surface area contributed by atoms with Gasteiger partial charge >= 0.3 is 0 Å². The number of benzene rings is 5. The second kappa shape index (κ2) is 10.4. The van der Waals surface area contributed by atoms with Crippen molar-refractivity contribution in [1.29, 1.82) is 0 Å². The van der Waals surface area contributed by atoms with Gasteiger partial charge in [-0.05, 0) is 97.1 Å². The molecule has 6 nitrogen and oxygen atoms in total. The van der Waals surface area contributed by atoms with E-state index in [2.05, 4.69) is 0 Å². The smallest absolute Gasteiger partial charge is 0.169 e. The van der Waals surface area contributed by atoms with E-state index in [0.717, 1.165) is 0 Å². The highest BCUT2D eigenvalue weighted by Crippen LogP contribution is 2.37. The normalized spacial score (nSPS) is 10.4. The molecule has 0 fully saturated rings. The summed E-state index contributed by atoms with van der Waals surface area (Å²) in [4.78, 5) is 0. The van der Waals surface area contributed by atoms with Gasteiger partial charge in [0.05, 0.1) is 0 Å². The van der Waals surface area contributed by atoms with Crippen LogP contribution in [0.3, 0.4) is 0 Å². The molecule has 0 amide bonds. The summed E-state index contributed by atoms with van der Waals surface area (Å²) in [6.45, 7) is 0. The topological polar surface area (TPSA) is 89.0 Å². The molecule has 5 aromatic rings. The van der Waals surface area contributed by atoms with Crippen molar-refractivity contribution in [3.05, 3.63) is 121 Å². The summed E-state index contributed by atoms with van der Waals surface area (Å²) >= 11 is 0. The van der Waals surface area contributed by atoms with Gasteiger partial charge in [0, 0.05) is 11.4 Å². The fourth-order valence-electron chi connectivity index (χ4n) is 3.39. The van der Waals surface area contributed by atoms with Gasteiger partial charge in [-0.3, -0.25) is 0 Å². The number of nitrogen functional groups attached to an aromatic ring is 2. The summed E-state index contributed by atoms with van der Waals surface area (Å²) < 4.78 is 24.1. The van der Waals surface area contributed by atoms with Gasteiger partial charge < -0.3 is 30.4 Å². The zero-order valence-corrected chi connectivity index (χ0v) is 19.3. The van der Waals surface area contributed by atoms with Crippen LogP contribution >= 0.6 is 0 Å². The predicted octanol–water partition coefficient (Wildman–Crippen LogP) is 8.02. The van der Waals surface area contributed by atoms with Crippen LogP contribution in [-0.2, 0) is 0 Å². The highest BCUT2D eigenvalue weighted by Gasteiger charge is 2.10. The van der Waals surface area contributed by atoms with Gasteiger partial charge in [0.25, 0.3) is 0 Å². The lowest BCUT2D eigenvalue weighted by Crippen LogP contribution is -1.92. The molecule has 0 unspecified atom stereocenters. The molecule has 0 bridgehead atoms. The van der Waals surface area contributed by atoms with E-state index in [-0.39, 0.29) is 0 Å². The maximum atomic E-state index is 6.08. The van der Waals surface area contributed by atoms with Gasteiger partial charge in [-0.2, -0.15) is 0 Å². The number of rotatable bonds is 8. The van der Waals surface area contributed by atoms with Gasteiger partial charge in [-0.1, -0.05) is 24.3 Å². The molecule has 5 rings (SSSR count). The van der Waals surface area contributed by atoms with Crippen molar-refractivity contribution in [3.8, 4) is 46.0 Å². The molecule has 0 saturated heterocycles. The summed E-state index contributed by atoms with van der Waals surface area (Å²) in [5, 5.41) is 0. The van der Waals surface area contributed by atoms with Gasteiger partial charge in [-0.25, -0.2) is 0 Å². The van der Waals surface area contributed by atoms with Gasteiger partial charge in [0.1, 0.15) is 23.0 Å². The highest BCUT2D eigenvalue weighted by molar-refractivity contribution is 5.50. The Labute approximate surface area is 209 Å². The highest BCUT2D eigenvalue weighted by atomic mass is 16.5. The van der Waals surface area contributed by atoms with Crippen molar-refractivity contribution < 1.29 is 18.9 Å². The Hall–Kier alpha value is -5.10. The third-order valence-corrected chi connectivity index (χ3v) is 5.19. The van der Waals surface area contributed by atoms with E-state index in [4.69, 9.17) is 30.4 Å². The van der Waals surface area contributed by atoms with E-state index >= 15 is 0 Å². The molecule has 0 atom stereocenters.